The first-order valence-corrected chi connectivity index (χ1v) is 5.89. The predicted molar refractivity (Wildman–Crippen MR) is 58.9 cm³/mol. The number of rotatable bonds is 3. The molecule has 16 heavy (non-hydrogen) atoms. The average molecular weight is 293 g/mol. The molecule has 0 amide bonds. The van der Waals surface area contributed by atoms with Gasteiger partial charge in [-0.25, -0.2) is 0 Å². The van der Waals surface area contributed by atoms with Gasteiger partial charge in [-0.2, -0.15) is 0 Å². The summed E-state index contributed by atoms with van der Waals surface area (Å²) in [4.78, 5) is 21.8. The third kappa shape index (κ3) is 3.52. The largest absolute Gasteiger partial charge is 0.493 e. The summed E-state index contributed by atoms with van der Waals surface area (Å²) in [5.74, 6) is -0.867. The van der Waals surface area contributed by atoms with Gasteiger partial charge in [0.2, 0.25) is 0 Å². The second-order valence-corrected chi connectivity index (χ2v) is 3.95. The van der Waals surface area contributed by atoms with E-state index in [2.05, 4.69) is 15.9 Å². The monoisotopic (exact) mass is 292 g/mol. The van der Waals surface area contributed by atoms with E-state index in [4.69, 9.17) is 14.2 Å². The SMILES string of the molecule is CC(=O)O[C@@H]1C(CBr)OC=C[C@H]1OC(C)=O. The quantitative estimate of drug-likeness (QED) is 0.577. The Morgan fingerprint density at radius 2 is 1.94 bits per heavy atom. The first-order valence-electron chi connectivity index (χ1n) is 4.77. The molecule has 1 unspecified atom stereocenters. The standard InChI is InChI=1S/C10H13BrO5/c1-6(12)15-8-3-4-14-9(5-11)10(8)16-7(2)13/h3-4,8-10H,5H2,1-2H3/t8-,9?,10+/m1/s1. The minimum absolute atomic E-state index is 0.363. The highest BCUT2D eigenvalue weighted by atomic mass is 79.9. The van der Waals surface area contributed by atoms with Gasteiger partial charge >= 0.3 is 11.9 Å². The summed E-state index contributed by atoms with van der Waals surface area (Å²) >= 11 is 3.24. The highest BCUT2D eigenvalue weighted by Gasteiger charge is 2.36. The van der Waals surface area contributed by atoms with Gasteiger partial charge in [0.15, 0.2) is 12.2 Å². The Hall–Kier alpha value is -1.04. The van der Waals surface area contributed by atoms with Crippen LogP contribution in [-0.4, -0.2) is 35.6 Å². The molecule has 6 heteroatoms. The van der Waals surface area contributed by atoms with Gasteiger partial charge in [-0.3, -0.25) is 9.59 Å². The van der Waals surface area contributed by atoms with Crippen LogP contribution >= 0.6 is 15.9 Å². The van der Waals surface area contributed by atoms with Crippen molar-refractivity contribution in [3.8, 4) is 0 Å². The maximum Gasteiger partial charge on any atom is 0.303 e. The molecule has 0 saturated heterocycles. The van der Waals surface area contributed by atoms with E-state index in [1.807, 2.05) is 0 Å². The van der Waals surface area contributed by atoms with Crippen LogP contribution in [0.5, 0.6) is 0 Å². The van der Waals surface area contributed by atoms with Gasteiger partial charge in [-0.15, -0.1) is 0 Å². The summed E-state index contributed by atoms with van der Waals surface area (Å²) in [6.07, 6.45) is 1.41. The van der Waals surface area contributed by atoms with Gasteiger partial charge in [0.1, 0.15) is 6.10 Å². The number of esters is 2. The number of ether oxygens (including phenoxy) is 3. The number of carbonyl (C=O) groups excluding carboxylic acids is 2. The zero-order chi connectivity index (χ0) is 12.1. The predicted octanol–water partition coefficient (Wildman–Crippen LogP) is 1.16. The summed E-state index contributed by atoms with van der Waals surface area (Å²) in [5.41, 5.74) is 0. The molecule has 0 saturated carbocycles. The lowest BCUT2D eigenvalue weighted by atomic mass is 10.1. The van der Waals surface area contributed by atoms with E-state index in [0.717, 1.165) is 0 Å². The molecule has 0 aromatic heterocycles. The Labute approximate surface area is 102 Å². The van der Waals surface area contributed by atoms with Crippen molar-refractivity contribution in [2.75, 3.05) is 5.33 Å². The molecule has 0 fully saturated rings. The normalized spacial score (nSPS) is 28.1. The summed E-state index contributed by atoms with van der Waals surface area (Å²) in [6, 6.07) is 0. The van der Waals surface area contributed by atoms with Crippen molar-refractivity contribution >= 4 is 27.9 Å². The first kappa shape index (κ1) is 13.0. The molecule has 5 nitrogen and oxygen atoms in total. The number of hydrogen-bond acceptors (Lipinski definition) is 5. The summed E-state index contributed by atoms with van der Waals surface area (Å²) in [5, 5.41) is 0.479. The minimum atomic E-state index is -0.620. The molecular weight excluding hydrogens is 280 g/mol. The van der Waals surface area contributed by atoms with Crippen molar-refractivity contribution in [3.63, 3.8) is 0 Å². The highest BCUT2D eigenvalue weighted by molar-refractivity contribution is 9.09. The molecule has 1 heterocycles. The maximum atomic E-state index is 10.9. The van der Waals surface area contributed by atoms with Crippen LogP contribution in [0.25, 0.3) is 0 Å². The molecule has 1 rings (SSSR count). The number of alkyl halides is 1. The second-order valence-electron chi connectivity index (χ2n) is 3.31. The van der Waals surface area contributed by atoms with Crippen LogP contribution in [-0.2, 0) is 23.8 Å². The molecule has 0 radical (unpaired) electrons. The van der Waals surface area contributed by atoms with E-state index in [-0.39, 0.29) is 6.10 Å². The Balaban J connectivity index is 2.77. The van der Waals surface area contributed by atoms with Crippen LogP contribution in [0.1, 0.15) is 13.8 Å². The lowest BCUT2D eigenvalue weighted by molar-refractivity contribution is -0.171. The van der Waals surface area contributed by atoms with Crippen LogP contribution in [0.2, 0.25) is 0 Å². The van der Waals surface area contributed by atoms with E-state index in [1.54, 1.807) is 6.08 Å². The van der Waals surface area contributed by atoms with Crippen molar-refractivity contribution in [1.29, 1.82) is 0 Å². The lowest BCUT2D eigenvalue weighted by Gasteiger charge is -2.32. The summed E-state index contributed by atoms with van der Waals surface area (Å²) in [7, 11) is 0. The van der Waals surface area contributed by atoms with Crippen molar-refractivity contribution in [2.45, 2.75) is 32.2 Å². The van der Waals surface area contributed by atoms with Crippen molar-refractivity contribution in [2.24, 2.45) is 0 Å². The van der Waals surface area contributed by atoms with Gasteiger partial charge in [-0.1, -0.05) is 15.9 Å². The third-order valence-electron chi connectivity index (χ3n) is 1.97. The Bertz CT molecular complexity index is 302. The fourth-order valence-electron chi connectivity index (χ4n) is 1.38. The number of halogens is 1. The molecule has 0 N–H and O–H groups in total. The zero-order valence-corrected chi connectivity index (χ0v) is 10.6. The molecule has 1 aliphatic heterocycles. The topological polar surface area (TPSA) is 61.8 Å². The highest BCUT2D eigenvalue weighted by Crippen LogP contribution is 2.20. The molecule has 0 spiro atoms. The van der Waals surface area contributed by atoms with Crippen LogP contribution in [0.3, 0.4) is 0 Å². The van der Waals surface area contributed by atoms with E-state index in [0.29, 0.717) is 5.33 Å². The van der Waals surface area contributed by atoms with Crippen molar-refractivity contribution < 1.29 is 23.8 Å². The van der Waals surface area contributed by atoms with Gasteiger partial charge < -0.3 is 14.2 Å². The van der Waals surface area contributed by atoms with Crippen molar-refractivity contribution in [1.82, 2.24) is 0 Å². The average Bonchev–Trinajstić information content (AvgIpc) is 2.19. The summed E-state index contributed by atoms with van der Waals surface area (Å²) < 4.78 is 15.4. The van der Waals surface area contributed by atoms with Gasteiger partial charge in [0.05, 0.1) is 6.26 Å². The Morgan fingerprint density at radius 3 is 2.44 bits per heavy atom. The fourth-order valence-corrected chi connectivity index (χ4v) is 1.90. The third-order valence-corrected chi connectivity index (χ3v) is 2.61. The van der Waals surface area contributed by atoms with Crippen LogP contribution in [0.4, 0.5) is 0 Å². The smallest absolute Gasteiger partial charge is 0.303 e. The fraction of sp³-hybridized carbons (Fsp3) is 0.600. The molecule has 0 aromatic rings. The molecule has 90 valence electrons. The van der Waals surface area contributed by atoms with E-state index in [1.165, 1.54) is 20.1 Å². The van der Waals surface area contributed by atoms with Crippen LogP contribution < -0.4 is 0 Å². The number of hydrogen-bond donors (Lipinski definition) is 0. The molecule has 0 aromatic carbocycles. The summed E-state index contributed by atoms with van der Waals surface area (Å²) in [6.45, 7) is 2.60. The van der Waals surface area contributed by atoms with Gasteiger partial charge in [-0.05, 0) is 6.08 Å². The number of carbonyl (C=O) groups is 2. The van der Waals surface area contributed by atoms with Crippen molar-refractivity contribution in [3.05, 3.63) is 12.3 Å². The molecule has 0 aliphatic carbocycles. The van der Waals surface area contributed by atoms with E-state index >= 15 is 0 Å². The van der Waals surface area contributed by atoms with Gasteiger partial charge in [0.25, 0.3) is 0 Å². The molecular formula is C10H13BrO5. The van der Waals surface area contributed by atoms with Crippen LogP contribution in [0, 0.1) is 0 Å². The molecule has 1 aliphatic rings. The maximum absolute atomic E-state index is 10.9. The Kier molecular flexibility index (Phi) is 4.79. The Morgan fingerprint density at radius 1 is 1.31 bits per heavy atom. The first-order chi connectivity index (χ1) is 7.54. The second kappa shape index (κ2) is 5.89. The minimum Gasteiger partial charge on any atom is -0.493 e. The molecule has 0 bridgehead atoms. The van der Waals surface area contributed by atoms with Crippen LogP contribution in [0.15, 0.2) is 12.3 Å². The zero-order valence-electron chi connectivity index (χ0n) is 9.01. The van der Waals surface area contributed by atoms with E-state index < -0.39 is 24.1 Å². The van der Waals surface area contributed by atoms with E-state index in [9.17, 15) is 9.59 Å². The molecule has 3 atom stereocenters. The lowest BCUT2D eigenvalue weighted by Crippen LogP contribution is -2.45. The van der Waals surface area contributed by atoms with Gasteiger partial charge in [0, 0.05) is 19.2 Å².